The standard InChI is InChI=1S/C16H22O/c1-11-12-8-10-16(2)9-4-3-5-14(16)13(12)6-7-15(11)17/h8,10,13-14H,3-7,9H2,1-2H3/t13-,14-,16+/m1/s1. The molecule has 0 aromatic carbocycles. The Bertz CT molecular complexity index is 415. The quantitative estimate of drug-likeness (QED) is 0.613. The van der Waals surface area contributed by atoms with Crippen molar-refractivity contribution >= 4 is 5.78 Å². The van der Waals surface area contributed by atoms with E-state index in [0.29, 0.717) is 17.1 Å². The largest absolute Gasteiger partial charge is 0.295 e. The van der Waals surface area contributed by atoms with Gasteiger partial charge in [0.1, 0.15) is 0 Å². The van der Waals surface area contributed by atoms with Gasteiger partial charge in [0.15, 0.2) is 5.78 Å². The SMILES string of the molecule is CC1=C2C=C[C@]3(C)CCCC[C@@H]3[C@@H]2CCC1=O. The summed E-state index contributed by atoms with van der Waals surface area (Å²) in [6, 6.07) is 0. The highest BCUT2D eigenvalue weighted by atomic mass is 16.1. The monoisotopic (exact) mass is 230 g/mol. The Kier molecular flexibility index (Phi) is 2.53. The Labute approximate surface area is 104 Å². The van der Waals surface area contributed by atoms with Crippen molar-refractivity contribution in [3.8, 4) is 0 Å². The summed E-state index contributed by atoms with van der Waals surface area (Å²) in [7, 11) is 0. The predicted molar refractivity (Wildman–Crippen MR) is 69.6 cm³/mol. The summed E-state index contributed by atoms with van der Waals surface area (Å²) in [5, 5.41) is 0. The third-order valence-corrected chi connectivity index (χ3v) is 5.39. The van der Waals surface area contributed by atoms with Gasteiger partial charge in [0.05, 0.1) is 0 Å². The van der Waals surface area contributed by atoms with Crippen LogP contribution in [0.1, 0.15) is 52.4 Å². The van der Waals surface area contributed by atoms with Gasteiger partial charge >= 0.3 is 0 Å². The minimum Gasteiger partial charge on any atom is -0.295 e. The fourth-order valence-corrected chi connectivity index (χ4v) is 4.27. The number of carbonyl (C=O) groups excluding carboxylic acids is 1. The van der Waals surface area contributed by atoms with Crippen LogP contribution in [0.25, 0.3) is 0 Å². The number of allylic oxidation sites excluding steroid dienone is 4. The van der Waals surface area contributed by atoms with Gasteiger partial charge < -0.3 is 0 Å². The molecule has 0 heterocycles. The lowest BCUT2D eigenvalue weighted by Gasteiger charge is -2.48. The molecule has 3 aliphatic carbocycles. The van der Waals surface area contributed by atoms with Crippen molar-refractivity contribution in [2.75, 3.05) is 0 Å². The average molecular weight is 230 g/mol. The van der Waals surface area contributed by atoms with Gasteiger partial charge in [-0.3, -0.25) is 4.79 Å². The molecule has 0 N–H and O–H groups in total. The topological polar surface area (TPSA) is 17.1 Å². The predicted octanol–water partition coefficient (Wildman–Crippen LogP) is 4.05. The number of carbonyl (C=O) groups is 1. The van der Waals surface area contributed by atoms with Gasteiger partial charge in [0.25, 0.3) is 0 Å². The highest BCUT2D eigenvalue weighted by Gasteiger charge is 2.44. The van der Waals surface area contributed by atoms with E-state index >= 15 is 0 Å². The first-order valence-corrected chi connectivity index (χ1v) is 7.05. The van der Waals surface area contributed by atoms with Crippen molar-refractivity contribution < 1.29 is 4.79 Å². The molecule has 0 radical (unpaired) electrons. The molecular weight excluding hydrogens is 208 g/mol. The van der Waals surface area contributed by atoms with Crippen molar-refractivity contribution in [1.29, 1.82) is 0 Å². The normalized spacial score (nSPS) is 41.2. The maximum absolute atomic E-state index is 11.8. The molecule has 1 heteroatoms. The van der Waals surface area contributed by atoms with E-state index in [0.717, 1.165) is 24.3 Å². The molecule has 3 rings (SSSR count). The molecule has 1 fully saturated rings. The minimum atomic E-state index is 0.375. The Morgan fingerprint density at radius 3 is 2.94 bits per heavy atom. The first-order valence-electron chi connectivity index (χ1n) is 7.05. The van der Waals surface area contributed by atoms with E-state index in [9.17, 15) is 4.79 Å². The fourth-order valence-electron chi connectivity index (χ4n) is 4.27. The molecule has 1 saturated carbocycles. The molecule has 3 aliphatic rings. The maximum atomic E-state index is 11.8. The molecule has 0 bridgehead atoms. The van der Waals surface area contributed by atoms with Gasteiger partial charge in [-0.05, 0) is 54.6 Å². The summed E-state index contributed by atoms with van der Waals surface area (Å²) in [6.07, 6.45) is 12.0. The summed E-state index contributed by atoms with van der Waals surface area (Å²) in [6.45, 7) is 4.45. The highest BCUT2D eigenvalue weighted by molar-refractivity contribution is 5.97. The van der Waals surface area contributed by atoms with Crippen LogP contribution in [0.3, 0.4) is 0 Å². The van der Waals surface area contributed by atoms with E-state index in [4.69, 9.17) is 0 Å². The maximum Gasteiger partial charge on any atom is 0.158 e. The molecule has 0 aromatic heterocycles. The zero-order valence-electron chi connectivity index (χ0n) is 11.0. The fraction of sp³-hybridized carbons (Fsp3) is 0.688. The smallest absolute Gasteiger partial charge is 0.158 e. The van der Waals surface area contributed by atoms with Crippen molar-refractivity contribution in [3.05, 3.63) is 23.3 Å². The molecule has 0 saturated heterocycles. The zero-order chi connectivity index (χ0) is 12.0. The van der Waals surface area contributed by atoms with Gasteiger partial charge in [-0.2, -0.15) is 0 Å². The molecule has 17 heavy (non-hydrogen) atoms. The van der Waals surface area contributed by atoms with Gasteiger partial charge in [-0.15, -0.1) is 0 Å². The summed E-state index contributed by atoms with van der Waals surface area (Å²) >= 11 is 0. The first kappa shape index (κ1) is 11.3. The van der Waals surface area contributed by atoms with Crippen molar-refractivity contribution in [1.82, 2.24) is 0 Å². The van der Waals surface area contributed by atoms with Crippen LogP contribution < -0.4 is 0 Å². The number of rotatable bonds is 0. The second kappa shape index (κ2) is 3.83. The number of Topliss-reactive ketones (excluding diaryl/α,β-unsaturated/α-hetero) is 1. The molecule has 1 nitrogen and oxygen atoms in total. The number of fused-ring (bicyclic) bond motifs is 3. The Balaban J connectivity index is 2.05. The molecule has 0 aliphatic heterocycles. The van der Waals surface area contributed by atoms with E-state index in [1.54, 1.807) is 0 Å². The Morgan fingerprint density at radius 2 is 2.12 bits per heavy atom. The highest BCUT2D eigenvalue weighted by Crippen LogP contribution is 2.53. The van der Waals surface area contributed by atoms with Crippen LogP contribution in [0.15, 0.2) is 23.3 Å². The van der Waals surface area contributed by atoms with Crippen LogP contribution in [0.5, 0.6) is 0 Å². The number of hydrogen-bond donors (Lipinski definition) is 0. The van der Waals surface area contributed by atoms with Gasteiger partial charge in [-0.1, -0.05) is 31.9 Å². The lowest BCUT2D eigenvalue weighted by Crippen LogP contribution is -2.39. The van der Waals surface area contributed by atoms with Crippen molar-refractivity contribution in [3.63, 3.8) is 0 Å². The van der Waals surface area contributed by atoms with Crippen molar-refractivity contribution in [2.24, 2.45) is 17.3 Å². The Hall–Kier alpha value is -0.850. The average Bonchev–Trinajstić information content (AvgIpc) is 2.33. The van der Waals surface area contributed by atoms with Crippen LogP contribution in [0.2, 0.25) is 0 Å². The zero-order valence-corrected chi connectivity index (χ0v) is 11.0. The van der Waals surface area contributed by atoms with Crippen LogP contribution in [0, 0.1) is 17.3 Å². The summed E-state index contributed by atoms with van der Waals surface area (Å²) in [5.74, 6) is 1.84. The van der Waals surface area contributed by atoms with Crippen LogP contribution in [0.4, 0.5) is 0 Å². The lowest BCUT2D eigenvalue weighted by molar-refractivity contribution is -0.116. The van der Waals surface area contributed by atoms with Crippen molar-refractivity contribution in [2.45, 2.75) is 52.4 Å². The summed E-state index contributed by atoms with van der Waals surface area (Å²) in [4.78, 5) is 11.8. The van der Waals surface area contributed by atoms with E-state index in [1.807, 2.05) is 6.92 Å². The van der Waals surface area contributed by atoms with Gasteiger partial charge in [0.2, 0.25) is 0 Å². The lowest BCUT2D eigenvalue weighted by atomic mass is 9.56. The first-order chi connectivity index (χ1) is 8.12. The second-order valence-corrected chi connectivity index (χ2v) is 6.34. The number of ketones is 1. The van der Waals surface area contributed by atoms with Gasteiger partial charge in [0, 0.05) is 6.42 Å². The Morgan fingerprint density at radius 1 is 1.29 bits per heavy atom. The second-order valence-electron chi connectivity index (χ2n) is 6.34. The van der Waals surface area contributed by atoms with Gasteiger partial charge in [-0.25, -0.2) is 0 Å². The van der Waals surface area contributed by atoms with E-state index < -0.39 is 0 Å². The van der Waals surface area contributed by atoms with Crippen LogP contribution >= 0.6 is 0 Å². The third kappa shape index (κ3) is 1.63. The molecule has 0 unspecified atom stereocenters. The third-order valence-electron chi connectivity index (χ3n) is 5.39. The number of hydrogen-bond acceptors (Lipinski definition) is 1. The summed E-state index contributed by atoms with van der Waals surface area (Å²) < 4.78 is 0. The van der Waals surface area contributed by atoms with Crippen LogP contribution in [-0.4, -0.2) is 5.78 Å². The molecule has 0 amide bonds. The van der Waals surface area contributed by atoms with E-state index in [-0.39, 0.29) is 0 Å². The molecule has 3 atom stereocenters. The molecule has 0 spiro atoms. The minimum absolute atomic E-state index is 0.375. The van der Waals surface area contributed by atoms with Crippen LogP contribution in [-0.2, 0) is 4.79 Å². The molecule has 92 valence electrons. The van der Waals surface area contributed by atoms with E-state index in [1.165, 1.54) is 31.3 Å². The molecule has 0 aromatic rings. The van der Waals surface area contributed by atoms with E-state index in [2.05, 4.69) is 19.1 Å². The molecular formula is C16H22O. The summed E-state index contributed by atoms with van der Waals surface area (Å²) in [5.41, 5.74) is 2.82.